The van der Waals surface area contributed by atoms with Gasteiger partial charge in [-0.3, -0.25) is 0 Å². The molecule has 3 N–H and O–H groups in total. The van der Waals surface area contributed by atoms with Crippen molar-refractivity contribution in [2.45, 2.75) is 19.4 Å². The largest absolute Gasteiger partial charge is 0.330 e. The number of halogens is 2. The zero-order valence-corrected chi connectivity index (χ0v) is 11.1. The molecule has 0 bridgehead atoms. The standard InChI is InChI=1S/C12H18Cl2N2/c1-3-8(7-15)12(16-2)9-4-5-10(13)11(14)6-9/h4-6,8,12,16H,3,7,15H2,1-2H3. The first-order valence-electron chi connectivity index (χ1n) is 5.46. The van der Waals surface area contributed by atoms with Crippen LogP contribution in [0.2, 0.25) is 10.0 Å². The first kappa shape index (κ1) is 13.8. The zero-order chi connectivity index (χ0) is 12.1. The minimum absolute atomic E-state index is 0.227. The predicted octanol–water partition coefficient (Wildman–Crippen LogP) is 3.24. The Balaban J connectivity index is 2.98. The molecule has 90 valence electrons. The van der Waals surface area contributed by atoms with E-state index in [9.17, 15) is 0 Å². The Morgan fingerprint density at radius 3 is 2.44 bits per heavy atom. The molecule has 0 fully saturated rings. The lowest BCUT2D eigenvalue weighted by molar-refractivity contribution is 0.378. The van der Waals surface area contributed by atoms with Crippen molar-refractivity contribution in [3.05, 3.63) is 33.8 Å². The third-order valence-corrected chi connectivity index (χ3v) is 3.65. The van der Waals surface area contributed by atoms with Crippen molar-refractivity contribution < 1.29 is 0 Å². The minimum Gasteiger partial charge on any atom is -0.330 e. The van der Waals surface area contributed by atoms with Gasteiger partial charge in [0.15, 0.2) is 0 Å². The predicted molar refractivity (Wildman–Crippen MR) is 71.1 cm³/mol. The lowest BCUT2D eigenvalue weighted by Gasteiger charge is -2.25. The smallest absolute Gasteiger partial charge is 0.0595 e. The molecule has 0 amide bonds. The van der Waals surface area contributed by atoms with E-state index in [2.05, 4.69) is 12.2 Å². The lowest BCUT2D eigenvalue weighted by Crippen LogP contribution is -2.30. The van der Waals surface area contributed by atoms with Crippen LogP contribution in [0.25, 0.3) is 0 Å². The maximum Gasteiger partial charge on any atom is 0.0595 e. The number of rotatable bonds is 5. The monoisotopic (exact) mass is 260 g/mol. The summed E-state index contributed by atoms with van der Waals surface area (Å²) >= 11 is 11.9. The highest BCUT2D eigenvalue weighted by Gasteiger charge is 2.19. The van der Waals surface area contributed by atoms with E-state index in [1.807, 2.05) is 25.2 Å². The minimum atomic E-state index is 0.227. The average molecular weight is 261 g/mol. The van der Waals surface area contributed by atoms with Crippen LogP contribution in [0, 0.1) is 5.92 Å². The third kappa shape index (κ3) is 3.11. The molecule has 0 radical (unpaired) electrons. The second-order valence-electron chi connectivity index (χ2n) is 3.84. The second kappa shape index (κ2) is 6.45. The van der Waals surface area contributed by atoms with Crippen LogP contribution in [0.15, 0.2) is 18.2 Å². The van der Waals surface area contributed by atoms with Crippen molar-refractivity contribution in [2.75, 3.05) is 13.6 Å². The zero-order valence-electron chi connectivity index (χ0n) is 9.63. The fourth-order valence-corrected chi connectivity index (χ4v) is 2.23. The molecule has 0 saturated heterocycles. The van der Waals surface area contributed by atoms with Gasteiger partial charge in [0.2, 0.25) is 0 Å². The molecule has 4 heteroatoms. The van der Waals surface area contributed by atoms with Gasteiger partial charge in [-0.05, 0) is 37.2 Å². The van der Waals surface area contributed by atoms with E-state index >= 15 is 0 Å². The average Bonchev–Trinajstić information content (AvgIpc) is 2.29. The summed E-state index contributed by atoms with van der Waals surface area (Å²) in [5.74, 6) is 0.405. The highest BCUT2D eigenvalue weighted by molar-refractivity contribution is 6.42. The van der Waals surface area contributed by atoms with E-state index in [0.717, 1.165) is 12.0 Å². The van der Waals surface area contributed by atoms with Gasteiger partial charge < -0.3 is 11.1 Å². The summed E-state index contributed by atoms with van der Waals surface area (Å²) in [6.07, 6.45) is 1.03. The van der Waals surface area contributed by atoms with Crippen LogP contribution in [0.3, 0.4) is 0 Å². The molecule has 0 saturated carbocycles. The fourth-order valence-electron chi connectivity index (χ4n) is 1.92. The Morgan fingerprint density at radius 2 is 2.00 bits per heavy atom. The summed E-state index contributed by atoms with van der Waals surface area (Å²) in [4.78, 5) is 0. The van der Waals surface area contributed by atoms with Crippen molar-refractivity contribution in [1.29, 1.82) is 0 Å². The number of nitrogens with two attached hydrogens (primary N) is 1. The van der Waals surface area contributed by atoms with Crippen LogP contribution in [-0.2, 0) is 0 Å². The Hall–Kier alpha value is -0.280. The van der Waals surface area contributed by atoms with E-state index in [-0.39, 0.29) is 6.04 Å². The maximum absolute atomic E-state index is 6.01. The highest BCUT2D eigenvalue weighted by atomic mass is 35.5. The van der Waals surface area contributed by atoms with Crippen molar-refractivity contribution in [1.82, 2.24) is 5.32 Å². The molecule has 2 nitrogen and oxygen atoms in total. The quantitative estimate of drug-likeness (QED) is 0.853. The second-order valence-corrected chi connectivity index (χ2v) is 4.66. The first-order valence-corrected chi connectivity index (χ1v) is 6.21. The Kier molecular flexibility index (Phi) is 5.56. The van der Waals surface area contributed by atoms with E-state index in [1.54, 1.807) is 0 Å². The molecule has 0 aliphatic rings. The van der Waals surface area contributed by atoms with Crippen LogP contribution in [0.4, 0.5) is 0 Å². The molecule has 2 unspecified atom stereocenters. The summed E-state index contributed by atoms with van der Waals surface area (Å²) < 4.78 is 0. The molecular weight excluding hydrogens is 243 g/mol. The van der Waals surface area contributed by atoms with Gasteiger partial charge in [-0.1, -0.05) is 42.6 Å². The molecule has 16 heavy (non-hydrogen) atoms. The molecule has 0 spiro atoms. The number of benzene rings is 1. The Labute approximate surface area is 107 Å². The topological polar surface area (TPSA) is 38.0 Å². The van der Waals surface area contributed by atoms with Crippen LogP contribution in [-0.4, -0.2) is 13.6 Å². The van der Waals surface area contributed by atoms with Gasteiger partial charge in [-0.2, -0.15) is 0 Å². The van der Waals surface area contributed by atoms with Crippen LogP contribution in [0.1, 0.15) is 24.9 Å². The van der Waals surface area contributed by atoms with Gasteiger partial charge in [0.25, 0.3) is 0 Å². The molecular formula is C12H18Cl2N2. The molecule has 2 atom stereocenters. The molecule has 1 aromatic rings. The molecule has 1 aromatic carbocycles. The summed E-state index contributed by atoms with van der Waals surface area (Å²) in [6.45, 7) is 2.79. The van der Waals surface area contributed by atoms with Gasteiger partial charge in [0.1, 0.15) is 0 Å². The molecule has 0 aliphatic carbocycles. The maximum atomic E-state index is 6.01. The highest BCUT2D eigenvalue weighted by Crippen LogP contribution is 2.29. The van der Waals surface area contributed by atoms with Crippen LogP contribution < -0.4 is 11.1 Å². The van der Waals surface area contributed by atoms with E-state index in [4.69, 9.17) is 28.9 Å². The Morgan fingerprint density at radius 1 is 1.31 bits per heavy atom. The summed E-state index contributed by atoms with van der Waals surface area (Å²) in [7, 11) is 1.94. The molecule has 0 aromatic heterocycles. The summed E-state index contributed by atoms with van der Waals surface area (Å²) in [5, 5.41) is 4.46. The van der Waals surface area contributed by atoms with E-state index in [1.165, 1.54) is 0 Å². The molecule has 0 aliphatic heterocycles. The van der Waals surface area contributed by atoms with Gasteiger partial charge in [0, 0.05) is 6.04 Å². The third-order valence-electron chi connectivity index (χ3n) is 2.91. The van der Waals surface area contributed by atoms with E-state index in [0.29, 0.717) is 22.5 Å². The van der Waals surface area contributed by atoms with Gasteiger partial charge in [-0.15, -0.1) is 0 Å². The normalized spacial score (nSPS) is 14.8. The SMILES string of the molecule is CCC(CN)C(NC)c1ccc(Cl)c(Cl)c1. The summed E-state index contributed by atoms with van der Waals surface area (Å²) in [5.41, 5.74) is 6.90. The van der Waals surface area contributed by atoms with Crippen molar-refractivity contribution in [2.24, 2.45) is 11.7 Å². The summed E-state index contributed by atoms with van der Waals surface area (Å²) in [6, 6.07) is 5.95. The number of nitrogens with one attached hydrogen (secondary N) is 1. The first-order chi connectivity index (χ1) is 7.63. The van der Waals surface area contributed by atoms with Crippen LogP contribution in [0.5, 0.6) is 0 Å². The van der Waals surface area contributed by atoms with Crippen molar-refractivity contribution in [3.63, 3.8) is 0 Å². The van der Waals surface area contributed by atoms with Crippen LogP contribution >= 0.6 is 23.2 Å². The number of hydrogen-bond donors (Lipinski definition) is 2. The van der Waals surface area contributed by atoms with E-state index < -0.39 is 0 Å². The van der Waals surface area contributed by atoms with Gasteiger partial charge in [-0.25, -0.2) is 0 Å². The van der Waals surface area contributed by atoms with Crippen molar-refractivity contribution >= 4 is 23.2 Å². The fraction of sp³-hybridized carbons (Fsp3) is 0.500. The number of hydrogen-bond acceptors (Lipinski definition) is 2. The molecule has 1 rings (SSSR count). The van der Waals surface area contributed by atoms with Gasteiger partial charge in [0.05, 0.1) is 10.0 Å². The molecule has 0 heterocycles. The van der Waals surface area contributed by atoms with Gasteiger partial charge >= 0.3 is 0 Å². The Bertz CT molecular complexity index is 338. The van der Waals surface area contributed by atoms with Crippen molar-refractivity contribution in [3.8, 4) is 0 Å². The lowest BCUT2D eigenvalue weighted by atomic mass is 9.91.